The van der Waals surface area contributed by atoms with Crippen LogP contribution in [0.4, 0.5) is 5.69 Å². The molecule has 0 saturated carbocycles. The maximum Gasteiger partial charge on any atom is 0.339 e. The first kappa shape index (κ1) is 36.2. The maximum absolute atomic E-state index is 13.5. The molecule has 1 fully saturated rings. The van der Waals surface area contributed by atoms with Crippen molar-refractivity contribution >= 4 is 33.2 Å². The highest BCUT2D eigenvalue weighted by molar-refractivity contribution is 7.93. The van der Waals surface area contributed by atoms with Crippen LogP contribution >= 0.6 is 0 Å². The van der Waals surface area contributed by atoms with Crippen LogP contribution in [0.1, 0.15) is 42.5 Å². The molecule has 46 heavy (non-hydrogen) atoms. The van der Waals surface area contributed by atoms with Crippen LogP contribution in [-0.2, 0) is 28.8 Å². The number of benzene rings is 1. The molecule has 0 bridgehead atoms. The van der Waals surface area contributed by atoms with E-state index in [2.05, 4.69) is 24.4 Å². The number of amides is 2. The minimum absolute atomic E-state index is 0.0585. The van der Waals surface area contributed by atoms with Crippen molar-refractivity contribution in [3.8, 4) is 11.5 Å². The van der Waals surface area contributed by atoms with Gasteiger partial charge in [-0.15, -0.1) is 0 Å². The van der Waals surface area contributed by atoms with Crippen LogP contribution in [0.25, 0.3) is 20.9 Å². The van der Waals surface area contributed by atoms with Gasteiger partial charge in [0.25, 0.3) is 0 Å². The smallest absolute Gasteiger partial charge is 0.339 e. The molecule has 0 aliphatic carbocycles. The van der Waals surface area contributed by atoms with Crippen molar-refractivity contribution in [2.45, 2.75) is 32.1 Å². The Kier molecular flexibility index (Phi) is 15.2. The number of carboxylic acid groups (broad SMARTS) is 1. The highest BCUT2D eigenvalue weighted by Crippen LogP contribution is 2.44. The summed E-state index contributed by atoms with van der Waals surface area (Å²) in [7, 11) is -2.72. The van der Waals surface area contributed by atoms with E-state index in [1.807, 2.05) is 0 Å². The van der Waals surface area contributed by atoms with Crippen molar-refractivity contribution in [2.24, 2.45) is 14.6 Å². The van der Waals surface area contributed by atoms with Gasteiger partial charge >= 0.3 is 5.97 Å². The number of carbonyl (C=O) groups is 3. The maximum atomic E-state index is 13.5. The van der Waals surface area contributed by atoms with E-state index < -0.39 is 15.7 Å². The second kappa shape index (κ2) is 19.3. The summed E-state index contributed by atoms with van der Waals surface area (Å²) >= 11 is 0. The molecule has 2 aliphatic heterocycles. The number of azide groups is 2. The Balaban J connectivity index is 1.44. The molecule has 252 valence electrons. The number of fused-ring (bicyclic) bond motifs is 1. The van der Waals surface area contributed by atoms with Gasteiger partial charge < -0.3 is 33.9 Å². The van der Waals surface area contributed by atoms with Crippen LogP contribution in [0.2, 0.25) is 0 Å². The van der Waals surface area contributed by atoms with E-state index in [4.69, 9.17) is 30.0 Å². The fourth-order valence-corrected chi connectivity index (χ4v) is 6.61. The quantitative estimate of drug-likeness (QED) is 0.0926. The van der Waals surface area contributed by atoms with Crippen LogP contribution < -0.4 is 9.47 Å². The molecule has 1 aromatic rings. The van der Waals surface area contributed by atoms with Crippen molar-refractivity contribution in [1.29, 1.82) is 0 Å². The van der Waals surface area contributed by atoms with Gasteiger partial charge in [0.15, 0.2) is 11.5 Å². The van der Waals surface area contributed by atoms with Gasteiger partial charge in [0.2, 0.25) is 18.6 Å². The lowest BCUT2D eigenvalue weighted by Gasteiger charge is -2.29. The van der Waals surface area contributed by atoms with Crippen LogP contribution in [0.15, 0.2) is 26.7 Å². The Morgan fingerprint density at radius 1 is 0.913 bits per heavy atom. The molecule has 18 nitrogen and oxygen atoms in total. The third-order valence-electron chi connectivity index (χ3n) is 7.12. The summed E-state index contributed by atoms with van der Waals surface area (Å²) in [6.07, 6.45) is 1.96. The average Bonchev–Trinajstić information content (AvgIpc) is 3.53. The molecule has 2 aliphatic rings. The number of aromatic carboxylic acids is 1. The third-order valence-corrected chi connectivity index (χ3v) is 9.29. The van der Waals surface area contributed by atoms with Crippen molar-refractivity contribution in [3.05, 3.63) is 38.6 Å². The number of unbranched alkanes of at least 4 members (excludes halogenated alkanes) is 1. The SMILES string of the molecule is [N-]=[N+]=NCCCCN(CCOCCOCCN=[N+]=[N-])C(=O)CCCC(=O)N1CCS(=O)(=Nc2ccc(C(=O)O)c3c2OCO3)CC1. The lowest BCUT2D eigenvalue weighted by molar-refractivity contribution is -0.133. The van der Waals surface area contributed by atoms with Gasteiger partial charge in [-0.2, -0.15) is 4.36 Å². The molecule has 1 aromatic carbocycles. The number of ether oxygens (including phenoxy) is 4. The molecule has 1 saturated heterocycles. The summed E-state index contributed by atoms with van der Waals surface area (Å²) in [5, 5.41) is 16.2. The minimum atomic E-state index is -2.72. The minimum Gasteiger partial charge on any atom is -0.478 e. The van der Waals surface area contributed by atoms with E-state index in [1.165, 1.54) is 12.1 Å². The first-order chi connectivity index (χ1) is 22.3. The number of nitrogens with zero attached hydrogens (tertiary/aromatic N) is 9. The van der Waals surface area contributed by atoms with Crippen LogP contribution in [0, 0.1) is 0 Å². The lowest BCUT2D eigenvalue weighted by atomic mass is 10.1. The molecule has 0 unspecified atom stereocenters. The molecule has 2 heterocycles. The van der Waals surface area contributed by atoms with Gasteiger partial charge in [0, 0.05) is 73.4 Å². The molecular weight excluding hydrogens is 626 g/mol. The van der Waals surface area contributed by atoms with E-state index in [-0.39, 0.29) is 85.3 Å². The molecule has 19 heteroatoms. The van der Waals surface area contributed by atoms with E-state index in [0.29, 0.717) is 65.3 Å². The Bertz CT molecular complexity index is 1420. The Morgan fingerprint density at radius 2 is 1.61 bits per heavy atom. The monoisotopic (exact) mass is 665 g/mol. The molecular formula is C27H39N9O9S. The van der Waals surface area contributed by atoms with Gasteiger partial charge in [-0.25, -0.2) is 9.00 Å². The molecule has 0 spiro atoms. The largest absolute Gasteiger partial charge is 0.478 e. The summed E-state index contributed by atoms with van der Waals surface area (Å²) in [4.78, 5) is 46.0. The Hall–Kier alpha value is -4.28. The number of carbonyl (C=O) groups excluding carboxylic acids is 2. The third kappa shape index (κ3) is 11.6. The standard InChI is InChI=1S/C27H39N9O9S/c28-33-30-8-1-2-10-35(11-15-43-17-16-42-14-9-31-34-29)23(37)4-3-5-24(38)36-12-18-46(41,19-13-36)32-22-7-6-21(27(39)40)25-26(22)45-20-44-25/h6-7H,1-5,8-20H2,(H,39,40). The second-order valence-corrected chi connectivity index (χ2v) is 12.8. The van der Waals surface area contributed by atoms with Crippen LogP contribution in [-0.4, -0.2) is 121 Å². The molecule has 0 aromatic heterocycles. The molecule has 2 amide bonds. The normalized spacial score (nSPS) is 14.6. The second-order valence-electron chi connectivity index (χ2n) is 10.2. The van der Waals surface area contributed by atoms with E-state index in [9.17, 15) is 23.7 Å². The molecule has 0 radical (unpaired) electrons. The Morgan fingerprint density at radius 3 is 2.33 bits per heavy atom. The van der Waals surface area contributed by atoms with Gasteiger partial charge in [0.05, 0.1) is 36.2 Å². The number of hydrogen-bond donors (Lipinski definition) is 1. The van der Waals surface area contributed by atoms with E-state index >= 15 is 0 Å². The zero-order valence-electron chi connectivity index (χ0n) is 25.5. The molecule has 1 N–H and O–H groups in total. The van der Waals surface area contributed by atoms with Gasteiger partial charge in [0.1, 0.15) is 11.3 Å². The van der Waals surface area contributed by atoms with Gasteiger partial charge in [-0.3, -0.25) is 9.59 Å². The number of rotatable bonds is 20. The Labute approximate surface area is 266 Å². The number of carboxylic acids is 1. The van der Waals surface area contributed by atoms with Crippen molar-refractivity contribution < 1.29 is 42.6 Å². The fraction of sp³-hybridized carbons (Fsp3) is 0.667. The average molecular weight is 666 g/mol. The van der Waals surface area contributed by atoms with Crippen LogP contribution in [0.5, 0.6) is 11.5 Å². The predicted octanol–water partition coefficient (Wildman–Crippen LogP) is 3.49. The van der Waals surface area contributed by atoms with E-state index in [0.717, 1.165) is 0 Å². The van der Waals surface area contributed by atoms with Crippen molar-refractivity contribution in [3.63, 3.8) is 0 Å². The predicted molar refractivity (Wildman–Crippen MR) is 165 cm³/mol. The summed E-state index contributed by atoms with van der Waals surface area (Å²) in [5.74, 6) is -0.916. The lowest BCUT2D eigenvalue weighted by Crippen LogP contribution is -2.43. The van der Waals surface area contributed by atoms with E-state index in [1.54, 1.807) is 9.80 Å². The summed E-state index contributed by atoms with van der Waals surface area (Å²) in [6, 6.07) is 2.78. The first-order valence-corrected chi connectivity index (χ1v) is 16.7. The first-order valence-electron chi connectivity index (χ1n) is 14.9. The number of hydrogen-bond acceptors (Lipinski definition) is 11. The van der Waals surface area contributed by atoms with Gasteiger partial charge in [-0.05, 0) is 42.5 Å². The topological polar surface area (TPSA) is 242 Å². The summed E-state index contributed by atoms with van der Waals surface area (Å²) in [5.41, 5.74) is 16.9. The van der Waals surface area contributed by atoms with Crippen molar-refractivity contribution in [1.82, 2.24) is 9.80 Å². The zero-order valence-corrected chi connectivity index (χ0v) is 26.3. The summed E-state index contributed by atoms with van der Waals surface area (Å²) in [6.45, 7) is 2.97. The fourth-order valence-electron chi connectivity index (χ4n) is 4.71. The zero-order chi connectivity index (χ0) is 33.2. The van der Waals surface area contributed by atoms with Gasteiger partial charge in [-0.1, -0.05) is 10.2 Å². The molecule has 0 atom stereocenters. The highest BCUT2D eigenvalue weighted by Gasteiger charge is 2.28. The highest BCUT2D eigenvalue weighted by atomic mass is 32.2. The summed E-state index contributed by atoms with van der Waals surface area (Å²) < 4.78 is 39.4. The molecule has 3 rings (SSSR count). The van der Waals surface area contributed by atoms with Crippen LogP contribution in [0.3, 0.4) is 0 Å². The van der Waals surface area contributed by atoms with Crippen molar-refractivity contribution in [2.75, 3.05) is 84.0 Å².